The van der Waals surface area contributed by atoms with Gasteiger partial charge in [0.1, 0.15) is 11.3 Å². The Morgan fingerprint density at radius 1 is 0.892 bits per heavy atom. The minimum absolute atomic E-state index is 0.0919. The number of hydrogen-bond donors (Lipinski definition) is 2. The monoisotopic (exact) mass is 485 g/mol. The lowest BCUT2D eigenvalue weighted by Crippen LogP contribution is -2.14. The smallest absolute Gasteiger partial charge is 0.228 e. The van der Waals surface area contributed by atoms with Crippen LogP contribution < -0.4 is 11.1 Å². The summed E-state index contributed by atoms with van der Waals surface area (Å²) < 4.78 is 1.96. The topological polar surface area (TPSA) is 112 Å². The summed E-state index contributed by atoms with van der Waals surface area (Å²) >= 11 is 0. The summed E-state index contributed by atoms with van der Waals surface area (Å²) in [6.45, 7) is 1.96. The van der Waals surface area contributed by atoms with Crippen LogP contribution in [0.4, 0.5) is 11.5 Å². The van der Waals surface area contributed by atoms with Crippen LogP contribution in [-0.4, -0.2) is 30.4 Å². The van der Waals surface area contributed by atoms with E-state index in [9.17, 15) is 4.79 Å². The van der Waals surface area contributed by atoms with Crippen molar-refractivity contribution in [3.05, 3.63) is 103 Å². The second-order valence-electron chi connectivity index (χ2n) is 8.80. The molecular weight excluding hydrogens is 462 g/mol. The van der Waals surface area contributed by atoms with E-state index >= 15 is 0 Å². The zero-order valence-corrected chi connectivity index (χ0v) is 20.1. The van der Waals surface area contributed by atoms with E-state index in [1.807, 2.05) is 90.4 Å². The van der Waals surface area contributed by atoms with Crippen LogP contribution in [0.3, 0.4) is 0 Å². The van der Waals surface area contributed by atoms with Gasteiger partial charge in [0, 0.05) is 34.8 Å². The molecule has 0 saturated heterocycles. The van der Waals surface area contributed by atoms with Gasteiger partial charge in [0.15, 0.2) is 11.5 Å². The van der Waals surface area contributed by atoms with Crippen molar-refractivity contribution in [3.63, 3.8) is 0 Å². The number of nitrogens with zero attached hydrogens (tertiary/aromatic N) is 5. The highest BCUT2D eigenvalue weighted by molar-refractivity contribution is 5.95. The number of anilines is 2. The Morgan fingerprint density at radius 3 is 2.54 bits per heavy atom. The van der Waals surface area contributed by atoms with Gasteiger partial charge in [-0.2, -0.15) is 0 Å². The lowest BCUT2D eigenvalue weighted by molar-refractivity contribution is -0.115. The van der Waals surface area contributed by atoms with Crippen LogP contribution in [0.15, 0.2) is 91.3 Å². The molecule has 2 aromatic carbocycles. The molecular formula is C29H23N7O. The Balaban J connectivity index is 1.26. The van der Waals surface area contributed by atoms with Crippen LogP contribution in [-0.2, 0) is 11.2 Å². The Morgan fingerprint density at radius 2 is 1.70 bits per heavy atom. The van der Waals surface area contributed by atoms with E-state index in [1.165, 1.54) is 0 Å². The predicted octanol–water partition coefficient (Wildman–Crippen LogP) is 5.10. The van der Waals surface area contributed by atoms with Crippen LogP contribution in [0.5, 0.6) is 0 Å². The van der Waals surface area contributed by atoms with Gasteiger partial charge in [-0.3, -0.25) is 14.3 Å². The number of nitrogen functional groups attached to an aromatic ring is 1. The molecule has 0 spiro atoms. The summed E-state index contributed by atoms with van der Waals surface area (Å²) in [5, 5.41) is 3.97. The zero-order chi connectivity index (χ0) is 25.4. The second kappa shape index (κ2) is 9.16. The maximum absolute atomic E-state index is 12.8. The molecule has 4 aromatic heterocycles. The molecule has 8 heteroatoms. The third-order valence-electron chi connectivity index (χ3n) is 6.17. The molecule has 6 rings (SSSR count). The van der Waals surface area contributed by atoms with Crippen molar-refractivity contribution in [3.8, 4) is 17.1 Å². The van der Waals surface area contributed by atoms with Gasteiger partial charge in [-0.15, -0.1) is 0 Å². The molecule has 0 radical (unpaired) electrons. The van der Waals surface area contributed by atoms with Crippen molar-refractivity contribution in [1.82, 2.24) is 24.5 Å². The number of hydrogen-bond acceptors (Lipinski definition) is 6. The molecule has 0 saturated carbocycles. The fourth-order valence-corrected chi connectivity index (χ4v) is 4.40. The molecule has 0 aliphatic carbocycles. The number of nitrogens with one attached hydrogen (secondary N) is 1. The van der Waals surface area contributed by atoms with E-state index in [-0.39, 0.29) is 12.3 Å². The summed E-state index contributed by atoms with van der Waals surface area (Å²) in [6.07, 6.45) is 3.63. The number of carbonyl (C=O) groups is 1. The summed E-state index contributed by atoms with van der Waals surface area (Å²) in [5.41, 5.74) is 12.7. The summed E-state index contributed by atoms with van der Waals surface area (Å²) in [5.74, 6) is 0.962. The van der Waals surface area contributed by atoms with Crippen molar-refractivity contribution in [2.24, 2.45) is 0 Å². The minimum atomic E-state index is -0.0919. The van der Waals surface area contributed by atoms with Crippen LogP contribution in [0.1, 0.15) is 11.3 Å². The van der Waals surface area contributed by atoms with E-state index in [0.29, 0.717) is 17.3 Å². The number of rotatable bonds is 5. The van der Waals surface area contributed by atoms with Crippen molar-refractivity contribution in [2.75, 3.05) is 11.1 Å². The lowest BCUT2D eigenvalue weighted by atomic mass is 10.1. The highest BCUT2D eigenvalue weighted by atomic mass is 16.1. The molecule has 4 heterocycles. The quantitative estimate of drug-likeness (QED) is 0.351. The number of amides is 1. The van der Waals surface area contributed by atoms with Gasteiger partial charge in [-0.1, -0.05) is 18.2 Å². The first-order chi connectivity index (χ1) is 18.0. The number of imidazole rings is 1. The maximum Gasteiger partial charge on any atom is 0.228 e. The Hall–Kier alpha value is -5.11. The van der Waals surface area contributed by atoms with Crippen molar-refractivity contribution in [2.45, 2.75) is 13.3 Å². The number of aromatic nitrogens is 5. The number of aryl methyl sites for hydroxylation is 1. The Bertz CT molecular complexity index is 1770. The van der Waals surface area contributed by atoms with Gasteiger partial charge in [0.2, 0.25) is 5.91 Å². The molecule has 0 atom stereocenters. The summed E-state index contributed by atoms with van der Waals surface area (Å²) in [4.78, 5) is 30.8. The summed E-state index contributed by atoms with van der Waals surface area (Å²) in [7, 11) is 0. The van der Waals surface area contributed by atoms with E-state index in [0.717, 1.165) is 44.6 Å². The fourth-order valence-electron chi connectivity index (χ4n) is 4.40. The van der Waals surface area contributed by atoms with Crippen molar-refractivity contribution >= 4 is 39.5 Å². The molecule has 1 amide bonds. The van der Waals surface area contributed by atoms with E-state index in [1.54, 1.807) is 12.4 Å². The Kier molecular flexibility index (Phi) is 5.54. The zero-order valence-electron chi connectivity index (χ0n) is 20.1. The predicted molar refractivity (Wildman–Crippen MR) is 145 cm³/mol. The molecule has 3 N–H and O–H groups in total. The van der Waals surface area contributed by atoms with E-state index < -0.39 is 0 Å². The van der Waals surface area contributed by atoms with Crippen LogP contribution >= 0.6 is 0 Å². The SMILES string of the molecule is Cc1ccc2cc(NC(=O)Cc3ccc(-n4c(-c5cccnc5N)nc5cccnc54)cc3)ccc2n1. The first-order valence-electron chi connectivity index (χ1n) is 11.9. The first kappa shape index (κ1) is 22.4. The third-order valence-corrected chi connectivity index (χ3v) is 6.17. The first-order valence-corrected chi connectivity index (χ1v) is 11.9. The summed E-state index contributed by atoms with van der Waals surface area (Å²) in [6, 6.07) is 25.0. The standard InChI is InChI=1S/C29H23N7O/c1-18-6-9-20-17-21(10-13-24(20)33-18)34-26(37)16-19-7-11-22(12-8-19)36-28(23-4-2-14-31-27(23)30)35-25-5-3-15-32-29(25)36/h2-15,17H,16H2,1H3,(H2,30,31)(H,34,37). The third kappa shape index (κ3) is 4.36. The molecule has 8 nitrogen and oxygen atoms in total. The van der Waals surface area contributed by atoms with Crippen LogP contribution in [0.25, 0.3) is 39.1 Å². The van der Waals surface area contributed by atoms with Crippen molar-refractivity contribution < 1.29 is 4.79 Å². The van der Waals surface area contributed by atoms with Gasteiger partial charge in [-0.05, 0) is 73.2 Å². The number of nitrogens with two attached hydrogens (primary N) is 1. The van der Waals surface area contributed by atoms with Gasteiger partial charge in [-0.25, -0.2) is 15.0 Å². The van der Waals surface area contributed by atoms with Crippen LogP contribution in [0, 0.1) is 6.92 Å². The molecule has 180 valence electrons. The largest absolute Gasteiger partial charge is 0.383 e. The van der Waals surface area contributed by atoms with E-state index in [2.05, 4.69) is 20.3 Å². The lowest BCUT2D eigenvalue weighted by Gasteiger charge is -2.11. The molecule has 0 unspecified atom stereocenters. The average molecular weight is 486 g/mol. The van der Waals surface area contributed by atoms with Gasteiger partial charge in [0.25, 0.3) is 0 Å². The highest BCUT2D eigenvalue weighted by Crippen LogP contribution is 2.30. The van der Waals surface area contributed by atoms with E-state index in [4.69, 9.17) is 10.7 Å². The molecule has 0 aliphatic rings. The molecule has 0 bridgehead atoms. The number of pyridine rings is 3. The number of benzene rings is 2. The van der Waals surface area contributed by atoms with Crippen molar-refractivity contribution in [1.29, 1.82) is 0 Å². The number of fused-ring (bicyclic) bond motifs is 2. The molecule has 37 heavy (non-hydrogen) atoms. The minimum Gasteiger partial charge on any atom is -0.383 e. The maximum atomic E-state index is 12.8. The molecule has 6 aromatic rings. The molecule has 0 fully saturated rings. The average Bonchev–Trinajstić information content (AvgIpc) is 3.29. The Labute approximate surface area is 212 Å². The fraction of sp³-hybridized carbons (Fsp3) is 0.0690. The number of carbonyl (C=O) groups excluding carboxylic acids is 1. The normalized spacial score (nSPS) is 11.2. The molecule has 0 aliphatic heterocycles. The van der Waals surface area contributed by atoms with Crippen LogP contribution in [0.2, 0.25) is 0 Å². The highest BCUT2D eigenvalue weighted by Gasteiger charge is 2.17. The van der Waals surface area contributed by atoms with Gasteiger partial charge in [0.05, 0.1) is 17.5 Å². The second-order valence-corrected chi connectivity index (χ2v) is 8.80. The van der Waals surface area contributed by atoms with Gasteiger partial charge >= 0.3 is 0 Å². The van der Waals surface area contributed by atoms with Gasteiger partial charge < -0.3 is 11.1 Å².